The molecule has 0 aliphatic rings. The van der Waals surface area contributed by atoms with Gasteiger partial charge in [0.1, 0.15) is 0 Å². The van der Waals surface area contributed by atoms with Gasteiger partial charge in [-0.15, -0.1) is 0 Å². The second-order valence-corrected chi connectivity index (χ2v) is 7.72. The van der Waals surface area contributed by atoms with Gasteiger partial charge in [0.05, 0.1) is 0 Å². The Hall–Kier alpha value is -3.35. The first-order valence-electron chi connectivity index (χ1n) is 9.99. The predicted molar refractivity (Wildman–Crippen MR) is 119 cm³/mol. The van der Waals surface area contributed by atoms with Crippen molar-refractivity contribution in [3.05, 3.63) is 65.2 Å². The van der Waals surface area contributed by atoms with E-state index in [1.807, 2.05) is 39.8 Å². The molecule has 2 aromatic carbocycles. The van der Waals surface area contributed by atoms with Crippen molar-refractivity contribution in [1.29, 1.82) is 0 Å². The van der Waals surface area contributed by atoms with Gasteiger partial charge in [-0.3, -0.25) is 9.59 Å². The van der Waals surface area contributed by atoms with Gasteiger partial charge in [-0.1, -0.05) is 12.1 Å². The molecule has 0 bridgehead atoms. The molecule has 7 heteroatoms. The molecule has 0 saturated carbocycles. The maximum atomic E-state index is 12.4. The Morgan fingerprint density at radius 3 is 1.97 bits per heavy atom. The fraction of sp³-hybridized carbons (Fsp3) is 0.348. The number of carbonyl (C=O) groups excluding carboxylic acids is 3. The zero-order valence-corrected chi connectivity index (χ0v) is 18.2. The normalized spacial score (nSPS) is 10.6. The number of benzene rings is 2. The molecule has 160 valence electrons. The molecule has 0 heterocycles. The molecule has 30 heavy (non-hydrogen) atoms. The van der Waals surface area contributed by atoms with E-state index in [1.54, 1.807) is 48.3 Å². The molecule has 0 aliphatic heterocycles. The van der Waals surface area contributed by atoms with Crippen molar-refractivity contribution in [2.24, 2.45) is 0 Å². The highest BCUT2D eigenvalue weighted by molar-refractivity contribution is 5.96. The van der Waals surface area contributed by atoms with Crippen molar-refractivity contribution in [3.8, 4) is 0 Å². The summed E-state index contributed by atoms with van der Waals surface area (Å²) in [6.07, 6.45) is 0. The van der Waals surface area contributed by atoms with Gasteiger partial charge in [-0.25, -0.2) is 4.79 Å². The summed E-state index contributed by atoms with van der Waals surface area (Å²) >= 11 is 0. The summed E-state index contributed by atoms with van der Waals surface area (Å²) in [4.78, 5) is 38.1. The van der Waals surface area contributed by atoms with Crippen LogP contribution in [0.2, 0.25) is 0 Å². The molecule has 0 saturated heterocycles. The summed E-state index contributed by atoms with van der Waals surface area (Å²) in [6, 6.07) is 13.8. The molecule has 2 aromatic rings. The van der Waals surface area contributed by atoms with Crippen molar-refractivity contribution in [1.82, 2.24) is 15.5 Å². The summed E-state index contributed by atoms with van der Waals surface area (Å²) in [5.41, 5.74) is 2.62. The summed E-state index contributed by atoms with van der Waals surface area (Å²) in [7, 11) is 1.78. The predicted octanol–water partition coefficient (Wildman–Crippen LogP) is 3.63. The number of anilines is 1. The smallest absolute Gasteiger partial charge is 0.319 e. The molecule has 0 aromatic heterocycles. The maximum absolute atomic E-state index is 12.4. The number of amides is 4. The highest BCUT2D eigenvalue weighted by Crippen LogP contribution is 2.11. The quantitative estimate of drug-likeness (QED) is 0.651. The Bertz CT molecular complexity index is 874. The van der Waals surface area contributed by atoms with Gasteiger partial charge in [0.2, 0.25) is 0 Å². The Morgan fingerprint density at radius 2 is 1.43 bits per heavy atom. The number of urea groups is 1. The summed E-state index contributed by atoms with van der Waals surface area (Å²) in [5, 5.41) is 8.31. The molecule has 0 unspecified atom stereocenters. The number of nitrogens with zero attached hydrogens (tertiary/aromatic N) is 1. The van der Waals surface area contributed by atoms with E-state index in [9.17, 15) is 14.4 Å². The van der Waals surface area contributed by atoms with Crippen LogP contribution < -0.4 is 16.0 Å². The zero-order valence-electron chi connectivity index (χ0n) is 18.2. The summed E-state index contributed by atoms with van der Waals surface area (Å²) < 4.78 is 0. The van der Waals surface area contributed by atoms with E-state index in [4.69, 9.17) is 0 Å². The lowest BCUT2D eigenvalue weighted by atomic mass is 10.1. The van der Waals surface area contributed by atoms with Crippen LogP contribution in [0.15, 0.2) is 48.5 Å². The molecule has 0 aliphatic carbocycles. The number of hydrogen-bond donors (Lipinski definition) is 3. The number of hydrogen-bond acceptors (Lipinski definition) is 3. The SMILES string of the molecule is CC(C)NC(=O)Nc1ccc(C(=O)NCc2ccc(C(=O)N(C)C(C)C)cc2)cc1. The van der Waals surface area contributed by atoms with Crippen LogP contribution in [0, 0.1) is 0 Å². The average Bonchev–Trinajstić information content (AvgIpc) is 2.71. The first-order valence-corrected chi connectivity index (χ1v) is 9.99. The van der Waals surface area contributed by atoms with Crippen LogP contribution in [-0.2, 0) is 6.54 Å². The lowest BCUT2D eigenvalue weighted by molar-refractivity contribution is 0.0754. The molecule has 2 rings (SSSR count). The first kappa shape index (κ1) is 22.9. The third kappa shape index (κ3) is 6.62. The first-order chi connectivity index (χ1) is 14.2. The Kier molecular flexibility index (Phi) is 7.98. The van der Waals surface area contributed by atoms with E-state index < -0.39 is 0 Å². The summed E-state index contributed by atoms with van der Waals surface area (Å²) in [6.45, 7) is 8.03. The molecular weight excluding hydrogens is 380 g/mol. The minimum atomic E-state index is -0.288. The van der Waals surface area contributed by atoms with Gasteiger partial charge >= 0.3 is 6.03 Å². The molecule has 0 fully saturated rings. The third-order valence-corrected chi connectivity index (χ3v) is 4.57. The monoisotopic (exact) mass is 410 g/mol. The fourth-order valence-corrected chi connectivity index (χ4v) is 2.62. The van der Waals surface area contributed by atoms with Crippen LogP contribution >= 0.6 is 0 Å². The van der Waals surface area contributed by atoms with E-state index in [-0.39, 0.29) is 29.9 Å². The van der Waals surface area contributed by atoms with Gasteiger partial charge in [0.25, 0.3) is 11.8 Å². The van der Waals surface area contributed by atoms with Crippen LogP contribution in [0.25, 0.3) is 0 Å². The second kappa shape index (κ2) is 10.4. The zero-order chi connectivity index (χ0) is 22.3. The number of nitrogens with one attached hydrogen (secondary N) is 3. The van der Waals surface area contributed by atoms with E-state index in [0.29, 0.717) is 23.4 Å². The second-order valence-electron chi connectivity index (χ2n) is 7.72. The average molecular weight is 411 g/mol. The van der Waals surface area contributed by atoms with Gasteiger partial charge in [0.15, 0.2) is 0 Å². The minimum Gasteiger partial charge on any atom is -0.348 e. The van der Waals surface area contributed by atoms with Gasteiger partial charge < -0.3 is 20.9 Å². The number of carbonyl (C=O) groups is 3. The van der Waals surface area contributed by atoms with Crippen LogP contribution in [0.5, 0.6) is 0 Å². The number of rotatable bonds is 7. The Labute approximate surface area is 177 Å². The molecule has 7 nitrogen and oxygen atoms in total. The van der Waals surface area contributed by atoms with Crippen molar-refractivity contribution >= 4 is 23.5 Å². The summed E-state index contributed by atoms with van der Waals surface area (Å²) in [5.74, 6) is -0.246. The molecule has 3 N–H and O–H groups in total. The molecular formula is C23H30N4O3. The van der Waals surface area contributed by atoms with Gasteiger partial charge in [-0.2, -0.15) is 0 Å². The lowest BCUT2D eigenvalue weighted by Gasteiger charge is -2.21. The standard InChI is InChI=1S/C23H30N4O3/c1-15(2)25-23(30)26-20-12-10-18(11-13-20)21(28)24-14-17-6-8-19(9-7-17)22(29)27(5)16(3)4/h6-13,15-16H,14H2,1-5H3,(H,24,28)(H2,25,26,30). The highest BCUT2D eigenvalue weighted by atomic mass is 16.2. The van der Waals surface area contributed by atoms with Crippen LogP contribution in [-0.4, -0.2) is 41.9 Å². The largest absolute Gasteiger partial charge is 0.348 e. The van der Waals surface area contributed by atoms with E-state index >= 15 is 0 Å². The Balaban J connectivity index is 1.89. The maximum Gasteiger partial charge on any atom is 0.319 e. The van der Waals surface area contributed by atoms with Crippen LogP contribution in [0.4, 0.5) is 10.5 Å². The van der Waals surface area contributed by atoms with Crippen molar-refractivity contribution in [3.63, 3.8) is 0 Å². The minimum absolute atomic E-state index is 0.0311. The van der Waals surface area contributed by atoms with Crippen molar-refractivity contribution in [2.45, 2.75) is 46.3 Å². The third-order valence-electron chi connectivity index (χ3n) is 4.57. The molecule has 4 amide bonds. The van der Waals surface area contributed by atoms with E-state index in [1.165, 1.54) is 0 Å². The van der Waals surface area contributed by atoms with Gasteiger partial charge in [0, 0.05) is 42.5 Å². The molecule has 0 atom stereocenters. The van der Waals surface area contributed by atoms with Gasteiger partial charge in [-0.05, 0) is 69.7 Å². The highest BCUT2D eigenvalue weighted by Gasteiger charge is 2.14. The lowest BCUT2D eigenvalue weighted by Crippen LogP contribution is -2.34. The topological polar surface area (TPSA) is 90.5 Å². The van der Waals surface area contributed by atoms with E-state index in [2.05, 4.69) is 16.0 Å². The fourth-order valence-electron chi connectivity index (χ4n) is 2.62. The van der Waals surface area contributed by atoms with Crippen molar-refractivity contribution < 1.29 is 14.4 Å². The van der Waals surface area contributed by atoms with Crippen LogP contribution in [0.1, 0.15) is 54.0 Å². The van der Waals surface area contributed by atoms with E-state index in [0.717, 1.165) is 5.56 Å². The molecule has 0 spiro atoms. The van der Waals surface area contributed by atoms with Crippen LogP contribution in [0.3, 0.4) is 0 Å². The Morgan fingerprint density at radius 1 is 0.867 bits per heavy atom. The van der Waals surface area contributed by atoms with Crippen molar-refractivity contribution in [2.75, 3.05) is 12.4 Å². The molecule has 0 radical (unpaired) electrons.